The number of halogens is 2. The van der Waals surface area contributed by atoms with E-state index < -0.39 is 5.92 Å². The van der Waals surface area contributed by atoms with Crippen molar-refractivity contribution in [3.05, 3.63) is 24.0 Å². The Kier molecular flexibility index (Phi) is 4.34. The van der Waals surface area contributed by atoms with E-state index in [0.717, 1.165) is 31.6 Å². The first-order chi connectivity index (χ1) is 9.02. The van der Waals surface area contributed by atoms with Gasteiger partial charge >= 0.3 is 0 Å². The van der Waals surface area contributed by atoms with Crippen LogP contribution in [0.15, 0.2) is 29.0 Å². The van der Waals surface area contributed by atoms with Gasteiger partial charge in [0.1, 0.15) is 0 Å². The van der Waals surface area contributed by atoms with Crippen molar-refractivity contribution in [3.8, 4) is 0 Å². The summed E-state index contributed by atoms with van der Waals surface area (Å²) in [6.07, 6.45) is 3.75. The lowest BCUT2D eigenvalue weighted by atomic mass is 9.94. The Labute approximate surface area is 113 Å². The molecule has 0 spiro atoms. The number of allylic oxidation sites excluding steroid dienone is 2. The Hall–Kier alpha value is -1.23. The molecule has 106 valence electrons. The molecule has 2 fully saturated rings. The molecule has 1 N–H and O–H groups in total. The van der Waals surface area contributed by atoms with E-state index in [2.05, 4.69) is 23.6 Å². The van der Waals surface area contributed by atoms with Gasteiger partial charge in [-0.1, -0.05) is 6.58 Å². The molecular formula is C14H21F2N3. The molecule has 2 saturated heterocycles. The topological polar surface area (TPSA) is 27.6 Å². The van der Waals surface area contributed by atoms with Crippen LogP contribution in [0.25, 0.3) is 0 Å². The lowest BCUT2D eigenvalue weighted by Gasteiger charge is -2.24. The SMILES string of the molecule is C=N/C(=C\C(=C)N1CCC(F)(F)C1)C1CCNCC1. The number of hydrogen-bond donors (Lipinski definition) is 1. The predicted molar refractivity (Wildman–Crippen MR) is 73.5 cm³/mol. The van der Waals surface area contributed by atoms with Crippen molar-refractivity contribution in [2.24, 2.45) is 10.9 Å². The second-order valence-corrected chi connectivity index (χ2v) is 5.27. The van der Waals surface area contributed by atoms with E-state index in [9.17, 15) is 8.78 Å². The van der Waals surface area contributed by atoms with E-state index >= 15 is 0 Å². The highest BCUT2D eigenvalue weighted by molar-refractivity contribution is 5.33. The van der Waals surface area contributed by atoms with Crippen LogP contribution in [0.1, 0.15) is 19.3 Å². The van der Waals surface area contributed by atoms with Crippen LogP contribution in [0.3, 0.4) is 0 Å². The van der Waals surface area contributed by atoms with Crippen LogP contribution >= 0.6 is 0 Å². The smallest absolute Gasteiger partial charge is 0.266 e. The van der Waals surface area contributed by atoms with Crippen LogP contribution in [0.5, 0.6) is 0 Å². The van der Waals surface area contributed by atoms with Gasteiger partial charge in [0.25, 0.3) is 5.92 Å². The molecule has 2 rings (SSSR count). The summed E-state index contributed by atoms with van der Waals surface area (Å²) < 4.78 is 26.4. The molecule has 0 aromatic carbocycles. The van der Waals surface area contributed by atoms with E-state index in [-0.39, 0.29) is 13.0 Å². The average molecular weight is 269 g/mol. The van der Waals surface area contributed by atoms with Crippen molar-refractivity contribution in [1.29, 1.82) is 0 Å². The van der Waals surface area contributed by atoms with Crippen molar-refractivity contribution in [3.63, 3.8) is 0 Å². The van der Waals surface area contributed by atoms with Gasteiger partial charge in [0, 0.05) is 30.3 Å². The lowest BCUT2D eigenvalue weighted by Crippen LogP contribution is -2.29. The molecule has 0 aliphatic carbocycles. The highest BCUT2D eigenvalue weighted by Crippen LogP contribution is 2.30. The van der Waals surface area contributed by atoms with Gasteiger partial charge in [0.15, 0.2) is 0 Å². The molecule has 0 radical (unpaired) electrons. The first-order valence-corrected chi connectivity index (χ1v) is 6.72. The third kappa shape index (κ3) is 3.62. The third-order valence-corrected chi connectivity index (χ3v) is 3.83. The number of piperidine rings is 1. The zero-order valence-electron chi connectivity index (χ0n) is 11.2. The van der Waals surface area contributed by atoms with Gasteiger partial charge in [0.2, 0.25) is 0 Å². The first kappa shape index (κ1) is 14.2. The molecule has 0 amide bonds. The maximum absolute atomic E-state index is 13.2. The fourth-order valence-electron chi connectivity index (χ4n) is 2.65. The summed E-state index contributed by atoms with van der Waals surface area (Å²) in [5.74, 6) is -2.23. The Morgan fingerprint density at radius 2 is 2.05 bits per heavy atom. The minimum Gasteiger partial charge on any atom is -0.366 e. The van der Waals surface area contributed by atoms with Crippen LogP contribution in [0.4, 0.5) is 8.78 Å². The number of nitrogens with zero attached hydrogens (tertiary/aromatic N) is 2. The predicted octanol–water partition coefficient (Wildman–Crippen LogP) is 2.43. The molecule has 0 atom stereocenters. The molecule has 0 aromatic heterocycles. The second kappa shape index (κ2) is 5.82. The maximum Gasteiger partial charge on any atom is 0.266 e. The van der Waals surface area contributed by atoms with Crippen LogP contribution in [-0.4, -0.2) is 43.7 Å². The molecule has 0 aromatic rings. The van der Waals surface area contributed by atoms with Crippen molar-refractivity contribution < 1.29 is 8.78 Å². The van der Waals surface area contributed by atoms with E-state index in [1.807, 2.05) is 6.08 Å². The zero-order chi connectivity index (χ0) is 13.9. The van der Waals surface area contributed by atoms with Crippen LogP contribution in [0.2, 0.25) is 0 Å². The largest absolute Gasteiger partial charge is 0.366 e. The molecule has 0 unspecified atom stereocenters. The Morgan fingerprint density at radius 3 is 2.58 bits per heavy atom. The lowest BCUT2D eigenvalue weighted by molar-refractivity contribution is 0.0155. The molecular weight excluding hydrogens is 248 g/mol. The normalized spacial score (nSPS) is 24.5. The van der Waals surface area contributed by atoms with Gasteiger partial charge < -0.3 is 10.2 Å². The van der Waals surface area contributed by atoms with E-state index in [4.69, 9.17) is 0 Å². The number of rotatable bonds is 4. The van der Waals surface area contributed by atoms with E-state index in [1.54, 1.807) is 4.90 Å². The minimum atomic E-state index is -2.59. The summed E-state index contributed by atoms with van der Waals surface area (Å²) in [7, 11) is 0. The standard InChI is InChI=1S/C14H21F2N3/c1-11(19-8-5-14(15,16)10-19)9-13(17-2)12-3-6-18-7-4-12/h9,12,18H,1-8,10H2/b13-9-. The molecule has 0 bridgehead atoms. The monoisotopic (exact) mass is 269 g/mol. The van der Waals surface area contributed by atoms with Gasteiger partial charge in [-0.15, -0.1) is 0 Å². The van der Waals surface area contributed by atoms with Crippen molar-refractivity contribution >= 4 is 6.72 Å². The number of nitrogens with one attached hydrogen (secondary N) is 1. The van der Waals surface area contributed by atoms with Gasteiger partial charge in [-0.05, 0) is 38.7 Å². The fraction of sp³-hybridized carbons (Fsp3) is 0.643. The fourth-order valence-corrected chi connectivity index (χ4v) is 2.65. The van der Waals surface area contributed by atoms with Gasteiger partial charge in [0.05, 0.1) is 6.54 Å². The van der Waals surface area contributed by atoms with Crippen LogP contribution < -0.4 is 5.32 Å². The van der Waals surface area contributed by atoms with Crippen LogP contribution in [0, 0.1) is 5.92 Å². The number of aliphatic imine (C=N–C) groups is 1. The summed E-state index contributed by atoms with van der Waals surface area (Å²) in [6.45, 7) is 9.55. The number of alkyl halides is 2. The van der Waals surface area contributed by atoms with Crippen molar-refractivity contribution in [1.82, 2.24) is 10.2 Å². The summed E-state index contributed by atoms with van der Waals surface area (Å²) in [4.78, 5) is 5.70. The summed E-state index contributed by atoms with van der Waals surface area (Å²) >= 11 is 0. The van der Waals surface area contributed by atoms with Gasteiger partial charge in [-0.2, -0.15) is 0 Å². The Morgan fingerprint density at radius 1 is 1.37 bits per heavy atom. The molecule has 19 heavy (non-hydrogen) atoms. The average Bonchev–Trinajstić information content (AvgIpc) is 2.77. The maximum atomic E-state index is 13.2. The molecule has 2 heterocycles. The van der Waals surface area contributed by atoms with Gasteiger partial charge in [-0.3, -0.25) is 4.99 Å². The Bertz CT molecular complexity index is 384. The van der Waals surface area contributed by atoms with Gasteiger partial charge in [-0.25, -0.2) is 8.78 Å². The summed E-state index contributed by atoms with van der Waals surface area (Å²) in [5, 5.41) is 3.29. The van der Waals surface area contributed by atoms with Crippen molar-refractivity contribution in [2.75, 3.05) is 26.2 Å². The summed E-state index contributed by atoms with van der Waals surface area (Å²) in [5.41, 5.74) is 1.50. The molecule has 2 aliphatic heterocycles. The Balaban J connectivity index is 2.01. The van der Waals surface area contributed by atoms with Crippen LogP contribution in [-0.2, 0) is 0 Å². The second-order valence-electron chi connectivity index (χ2n) is 5.27. The molecule has 5 heteroatoms. The summed E-state index contributed by atoms with van der Waals surface area (Å²) in [6, 6.07) is 0. The van der Waals surface area contributed by atoms with E-state index in [1.165, 1.54) is 0 Å². The number of hydrogen-bond acceptors (Lipinski definition) is 3. The minimum absolute atomic E-state index is 0.0932. The van der Waals surface area contributed by atoms with E-state index in [0.29, 0.717) is 18.2 Å². The quantitative estimate of drug-likeness (QED) is 0.627. The number of likely N-dealkylation sites (tertiary alicyclic amines) is 1. The highest BCUT2D eigenvalue weighted by atomic mass is 19.3. The highest BCUT2D eigenvalue weighted by Gasteiger charge is 2.38. The molecule has 2 aliphatic rings. The third-order valence-electron chi connectivity index (χ3n) is 3.83. The molecule has 0 saturated carbocycles. The molecule has 3 nitrogen and oxygen atoms in total. The zero-order valence-corrected chi connectivity index (χ0v) is 11.2. The first-order valence-electron chi connectivity index (χ1n) is 6.72. The van der Waals surface area contributed by atoms with Crippen molar-refractivity contribution in [2.45, 2.75) is 25.2 Å².